The summed E-state index contributed by atoms with van der Waals surface area (Å²) in [6, 6.07) is 4.28. The Morgan fingerprint density at radius 2 is 2.17 bits per heavy atom. The van der Waals surface area contributed by atoms with Crippen LogP contribution >= 0.6 is 23.4 Å². The topological polar surface area (TPSA) is 96.0 Å². The van der Waals surface area contributed by atoms with E-state index in [9.17, 15) is 13.5 Å². The molecule has 1 fully saturated rings. The molecule has 130 valence electrons. The molecule has 1 aliphatic heterocycles. The van der Waals surface area contributed by atoms with Gasteiger partial charge in [0.25, 0.3) is 0 Å². The number of thioether (sulfide) groups is 1. The molecule has 9 heteroatoms. The number of benzene rings is 1. The average Bonchev–Trinajstić information content (AvgIpc) is 2.83. The van der Waals surface area contributed by atoms with Crippen molar-refractivity contribution in [1.29, 1.82) is 0 Å². The number of sulfonamides is 1. The first-order valence-electron chi connectivity index (χ1n) is 6.96. The highest BCUT2D eigenvalue weighted by Gasteiger charge is 2.44. The fraction of sp³-hybridized carbons (Fsp3) is 0.267. The van der Waals surface area contributed by atoms with E-state index in [1.54, 1.807) is 23.1 Å². The molecule has 1 saturated heterocycles. The van der Waals surface area contributed by atoms with Gasteiger partial charge in [-0.25, -0.2) is 13.6 Å². The van der Waals surface area contributed by atoms with Crippen LogP contribution in [0.25, 0.3) is 0 Å². The molecule has 0 spiro atoms. The van der Waals surface area contributed by atoms with Crippen molar-refractivity contribution in [2.75, 3.05) is 18.8 Å². The van der Waals surface area contributed by atoms with Crippen LogP contribution < -0.4 is 5.14 Å². The lowest BCUT2D eigenvalue weighted by Crippen LogP contribution is -2.45. The van der Waals surface area contributed by atoms with E-state index in [4.69, 9.17) is 16.7 Å². The first kappa shape index (κ1) is 19.0. The van der Waals surface area contributed by atoms with E-state index >= 15 is 0 Å². The summed E-state index contributed by atoms with van der Waals surface area (Å²) in [5.41, 5.74) is -1.07. The predicted octanol–water partition coefficient (Wildman–Crippen LogP) is 1.91. The van der Waals surface area contributed by atoms with Gasteiger partial charge in [0.05, 0.1) is 17.3 Å². The number of nitrogens with zero attached hydrogens (tertiary/aromatic N) is 2. The van der Waals surface area contributed by atoms with Crippen LogP contribution in [0.3, 0.4) is 0 Å². The van der Waals surface area contributed by atoms with Crippen LogP contribution in [0.15, 0.2) is 53.4 Å². The summed E-state index contributed by atoms with van der Waals surface area (Å²) in [4.78, 5) is 5.79. The predicted molar refractivity (Wildman–Crippen MR) is 98.6 cm³/mol. The molecular formula is C15H18ClN3O3S2. The van der Waals surface area contributed by atoms with E-state index in [0.29, 0.717) is 23.8 Å². The van der Waals surface area contributed by atoms with Crippen LogP contribution in [0.4, 0.5) is 0 Å². The van der Waals surface area contributed by atoms with Crippen molar-refractivity contribution in [3.8, 4) is 0 Å². The maximum atomic E-state index is 11.7. The van der Waals surface area contributed by atoms with Crippen molar-refractivity contribution in [3.63, 3.8) is 0 Å². The molecule has 24 heavy (non-hydrogen) atoms. The molecular weight excluding hydrogens is 370 g/mol. The van der Waals surface area contributed by atoms with E-state index in [0.717, 1.165) is 0 Å². The van der Waals surface area contributed by atoms with Crippen LogP contribution in [0.5, 0.6) is 0 Å². The maximum Gasteiger partial charge on any atom is 0.239 e. The quantitative estimate of drug-likeness (QED) is 0.727. The van der Waals surface area contributed by atoms with Crippen molar-refractivity contribution in [1.82, 2.24) is 4.90 Å². The van der Waals surface area contributed by atoms with Crippen molar-refractivity contribution < 1.29 is 13.5 Å². The molecule has 0 amide bonds. The Labute approximate surface area is 150 Å². The molecule has 1 aromatic rings. The number of amidine groups is 1. The van der Waals surface area contributed by atoms with Gasteiger partial charge >= 0.3 is 0 Å². The van der Waals surface area contributed by atoms with Crippen LogP contribution in [0.1, 0.15) is 5.56 Å². The van der Waals surface area contributed by atoms with E-state index < -0.39 is 15.7 Å². The van der Waals surface area contributed by atoms with Gasteiger partial charge in [-0.3, -0.25) is 4.99 Å². The second-order valence-electron chi connectivity index (χ2n) is 5.11. The zero-order chi connectivity index (χ0) is 18.0. The molecule has 1 atom stereocenters. The number of halogens is 1. The van der Waals surface area contributed by atoms with Gasteiger partial charge < -0.3 is 10.0 Å². The molecule has 0 aromatic heterocycles. The molecule has 2 rings (SSSR count). The summed E-state index contributed by atoms with van der Waals surface area (Å²) < 4.78 is 23.4. The lowest BCUT2D eigenvalue weighted by Gasteiger charge is -2.34. The minimum absolute atomic E-state index is 0.00585. The van der Waals surface area contributed by atoms with Crippen molar-refractivity contribution in [2.45, 2.75) is 10.6 Å². The first-order chi connectivity index (χ1) is 11.2. The molecule has 0 radical (unpaired) electrons. The number of nitrogens with two attached hydrogens (primary N) is 1. The highest BCUT2D eigenvalue weighted by atomic mass is 35.5. The Hall–Kier alpha value is -1.32. The van der Waals surface area contributed by atoms with E-state index in [2.05, 4.69) is 18.2 Å². The minimum Gasteiger partial charge on any atom is -0.366 e. The van der Waals surface area contributed by atoms with Crippen LogP contribution in [-0.4, -0.2) is 42.4 Å². The van der Waals surface area contributed by atoms with E-state index in [-0.39, 0.29) is 15.7 Å². The molecule has 1 aromatic carbocycles. The third-order valence-corrected chi connectivity index (χ3v) is 5.99. The second-order valence-corrected chi connectivity index (χ2v) is 7.99. The molecule has 1 unspecified atom stereocenters. The van der Waals surface area contributed by atoms with Gasteiger partial charge in [-0.05, 0) is 12.1 Å². The molecule has 0 saturated carbocycles. The minimum atomic E-state index is -4.00. The molecule has 0 bridgehead atoms. The third-order valence-electron chi connectivity index (χ3n) is 3.45. The summed E-state index contributed by atoms with van der Waals surface area (Å²) in [6.45, 7) is 8.07. The highest BCUT2D eigenvalue weighted by Crippen LogP contribution is 2.40. The average molecular weight is 388 g/mol. The highest BCUT2D eigenvalue weighted by molar-refractivity contribution is 8.14. The monoisotopic (exact) mass is 387 g/mol. The van der Waals surface area contributed by atoms with Crippen LogP contribution in [-0.2, 0) is 15.7 Å². The fourth-order valence-electron chi connectivity index (χ4n) is 2.32. The Bertz CT molecular complexity index is 795. The summed E-state index contributed by atoms with van der Waals surface area (Å²) >= 11 is 7.28. The number of aliphatic hydroxyl groups is 1. The van der Waals surface area contributed by atoms with E-state index in [1.807, 2.05) is 0 Å². The Morgan fingerprint density at radius 1 is 1.46 bits per heavy atom. The zero-order valence-corrected chi connectivity index (χ0v) is 15.2. The van der Waals surface area contributed by atoms with Crippen LogP contribution in [0.2, 0.25) is 5.02 Å². The van der Waals surface area contributed by atoms with Crippen molar-refractivity contribution >= 4 is 38.6 Å². The molecule has 1 heterocycles. The van der Waals surface area contributed by atoms with Gasteiger partial charge in [-0.15, -0.1) is 13.2 Å². The molecule has 3 N–H and O–H groups in total. The normalized spacial score (nSPS) is 22.8. The third kappa shape index (κ3) is 3.68. The Kier molecular flexibility index (Phi) is 5.77. The zero-order valence-electron chi connectivity index (χ0n) is 12.9. The van der Waals surface area contributed by atoms with Gasteiger partial charge in [0.2, 0.25) is 10.0 Å². The number of rotatable bonds is 6. The number of primary sulfonamides is 1. The lowest BCUT2D eigenvalue weighted by molar-refractivity contribution is -0.0424. The SMILES string of the molecule is C=CCN=C1SCC(O)(c2ccc(Cl)c(S(N)(=O)=O)c2)N1CC=C. The van der Waals surface area contributed by atoms with Crippen molar-refractivity contribution in [2.24, 2.45) is 10.1 Å². The first-order valence-corrected chi connectivity index (χ1v) is 9.87. The maximum absolute atomic E-state index is 11.7. The fourth-order valence-corrected chi connectivity index (χ4v) is 4.59. The Balaban J connectivity index is 2.53. The van der Waals surface area contributed by atoms with Gasteiger partial charge in [0, 0.05) is 12.1 Å². The van der Waals surface area contributed by atoms with E-state index in [1.165, 1.54) is 23.9 Å². The molecule has 6 nitrogen and oxygen atoms in total. The summed E-state index contributed by atoms with van der Waals surface area (Å²) in [6.07, 6.45) is 3.29. The summed E-state index contributed by atoms with van der Waals surface area (Å²) in [7, 11) is -4.00. The lowest BCUT2D eigenvalue weighted by atomic mass is 10.0. The number of hydrogen-bond acceptors (Lipinski definition) is 5. The van der Waals surface area contributed by atoms with Crippen molar-refractivity contribution in [3.05, 3.63) is 54.1 Å². The standard InChI is InChI=1S/C15H18ClN3O3S2/c1-3-7-18-14-19(8-4-2)15(20,10-23-14)11-5-6-12(16)13(9-11)24(17,21)22/h3-6,9,20H,1-2,7-8,10H2,(H2,17,21,22). The molecule has 1 aliphatic rings. The van der Waals surface area contributed by atoms with Gasteiger partial charge in [-0.1, -0.05) is 41.6 Å². The van der Waals surface area contributed by atoms with Crippen LogP contribution in [0, 0.1) is 0 Å². The van der Waals surface area contributed by atoms with Gasteiger partial charge in [-0.2, -0.15) is 0 Å². The smallest absolute Gasteiger partial charge is 0.239 e. The second kappa shape index (κ2) is 7.28. The summed E-state index contributed by atoms with van der Waals surface area (Å²) in [5.74, 6) is 0.280. The number of hydrogen-bond donors (Lipinski definition) is 2. The summed E-state index contributed by atoms with van der Waals surface area (Å²) in [5, 5.41) is 17.0. The number of aliphatic imine (C=N–C) groups is 1. The Morgan fingerprint density at radius 3 is 2.75 bits per heavy atom. The van der Waals surface area contributed by atoms with Gasteiger partial charge in [0.1, 0.15) is 4.90 Å². The molecule has 0 aliphatic carbocycles. The van der Waals surface area contributed by atoms with Gasteiger partial charge in [0.15, 0.2) is 10.9 Å². The largest absolute Gasteiger partial charge is 0.366 e.